The molecular formula is C25H38N2O8. The molecule has 196 valence electrons. The van der Waals surface area contributed by atoms with Crippen LogP contribution in [0.2, 0.25) is 0 Å². The van der Waals surface area contributed by atoms with Gasteiger partial charge in [-0.15, -0.1) is 0 Å². The van der Waals surface area contributed by atoms with Crippen LogP contribution in [-0.2, 0) is 28.5 Å². The molecule has 10 nitrogen and oxygen atoms in total. The van der Waals surface area contributed by atoms with Crippen molar-refractivity contribution in [2.24, 2.45) is 23.7 Å². The van der Waals surface area contributed by atoms with E-state index in [0.29, 0.717) is 36.8 Å². The van der Waals surface area contributed by atoms with Crippen molar-refractivity contribution < 1.29 is 38.1 Å². The minimum atomic E-state index is -0.576. The highest BCUT2D eigenvalue weighted by Crippen LogP contribution is 2.52. The molecule has 2 amide bonds. The summed E-state index contributed by atoms with van der Waals surface area (Å²) >= 11 is 0. The Bertz CT molecular complexity index is 826. The summed E-state index contributed by atoms with van der Waals surface area (Å²) in [6.07, 6.45) is 0.893. The van der Waals surface area contributed by atoms with Crippen LogP contribution in [0.15, 0.2) is 24.3 Å². The molecule has 0 heterocycles. The number of fused-ring (bicyclic) bond motifs is 2. The Labute approximate surface area is 206 Å². The fourth-order valence-electron chi connectivity index (χ4n) is 4.73. The van der Waals surface area contributed by atoms with Gasteiger partial charge < -0.3 is 29.6 Å². The molecule has 2 N–H and O–H groups in total. The number of hydrogen-bond donors (Lipinski definition) is 2. The Morgan fingerprint density at radius 2 is 1.43 bits per heavy atom. The van der Waals surface area contributed by atoms with E-state index in [9.17, 15) is 19.2 Å². The van der Waals surface area contributed by atoms with Crippen molar-refractivity contribution in [3.8, 4) is 0 Å². The van der Waals surface area contributed by atoms with Gasteiger partial charge in [0.2, 0.25) is 0 Å². The zero-order valence-corrected chi connectivity index (χ0v) is 21.1. The maximum atomic E-state index is 12.1. The van der Waals surface area contributed by atoms with Crippen molar-refractivity contribution in [2.45, 2.75) is 59.2 Å². The maximum absolute atomic E-state index is 12.1. The number of esters is 2. The van der Waals surface area contributed by atoms with Gasteiger partial charge in [-0.1, -0.05) is 13.2 Å². The second-order valence-corrected chi connectivity index (χ2v) is 9.61. The Hall–Kier alpha value is -3.04. The molecule has 0 aromatic carbocycles. The second kappa shape index (κ2) is 13.2. The number of amides is 2. The Morgan fingerprint density at radius 1 is 0.829 bits per heavy atom. The average Bonchev–Trinajstić information content (AvgIpc) is 3.34. The molecule has 35 heavy (non-hydrogen) atoms. The number of carbonyl (C=O) groups is 4. The molecule has 0 saturated heterocycles. The Balaban J connectivity index is 1.67. The molecular weight excluding hydrogens is 456 g/mol. The highest BCUT2D eigenvalue weighted by Gasteiger charge is 2.47. The topological polar surface area (TPSA) is 129 Å². The SMILES string of the molecule is C=C(C)C(=O)OCC(C)OC(=O)NCC1CC2CCC1C2CNC(=O)OCC(C)OC(=O)C(=C)C. The lowest BCUT2D eigenvalue weighted by Crippen LogP contribution is -2.36. The summed E-state index contributed by atoms with van der Waals surface area (Å²) in [5.74, 6) is 0.469. The normalized spacial score (nSPS) is 24.0. The summed E-state index contributed by atoms with van der Waals surface area (Å²) in [5, 5.41) is 5.63. The quantitative estimate of drug-likeness (QED) is 0.241. The zero-order chi connectivity index (χ0) is 26.1. The smallest absolute Gasteiger partial charge is 0.407 e. The van der Waals surface area contributed by atoms with E-state index in [1.165, 1.54) is 0 Å². The average molecular weight is 495 g/mol. The van der Waals surface area contributed by atoms with Gasteiger partial charge in [-0.25, -0.2) is 19.2 Å². The van der Waals surface area contributed by atoms with Crippen LogP contribution in [0, 0.1) is 23.7 Å². The molecule has 0 aromatic heterocycles. The summed E-state index contributed by atoms with van der Waals surface area (Å²) in [6, 6.07) is 0. The van der Waals surface area contributed by atoms with Crippen LogP contribution in [0.3, 0.4) is 0 Å². The summed E-state index contributed by atoms with van der Waals surface area (Å²) < 4.78 is 20.5. The first kappa shape index (κ1) is 28.2. The van der Waals surface area contributed by atoms with E-state index in [4.69, 9.17) is 18.9 Å². The van der Waals surface area contributed by atoms with Crippen LogP contribution in [0.25, 0.3) is 0 Å². The van der Waals surface area contributed by atoms with E-state index in [1.807, 2.05) is 0 Å². The van der Waals surface area contributed by atoms with Gasteiger partial charge in [0, 0.05) is 24.2 Å². The molecule has 2 fully saturated rings. The van der Waals surface area contributed by atoms with Gasteiger partial charge in [-0.3, -0.25) is 0 Å². The summed E-state index contributed by atoms with van der Waals surface area (Å²) in [4.78, 5) is 47.1. The molecule has 2 bridgehead atoms. The monoisotopic (exact) mass is 494 g/mol. The molecule has 6 atom stereocenters. The predicted octanol–water partition coefficient (Wildman–Crippen LogP) is 3.12. The van der Waals surface area contributed by atoms with Crippen molar-refractivity contribution in [2.75, 3.05) is 26.3 Å². The van der Waals surface area contributed by atoms with Crippen molar-refractivity contribution >= 4 is 24.1 Å². The molecule has 2 aliphatic rings. The van der Waals surface area contributed by atoms with Crippen LogP contribution in [0.1, 0.15) is 47.0 Å². The van der Waals surface area contributed by atoms with E-state index >= 15 is 0 Å². The number of hydrogen-bond acceptors (Lipinski definition) is 8. The zero-order valence-electron chi connectivity index (χ0n) is 21.1. The Morgan fingerprint density at radius 3 is 2.09 bits per heavy atom. The van der Waals surface area contributed by atoms with Gasteiger partial charge in [-0.05, 0) is 70.6 Å². The Kier molecular flexibility index (Phi) is 10.6. The molecule has 6 unspecified atom stereocenters. The van der Waals surface area contributed by atoms with Crippen molar-refractivity contribution in [3.05, 3.63) is 24.3 Å². The maximum Gasteiger partial charge on any atom is 0.407 e. The van der Waals surface area contributed by atoms with Crippen LogP contribution in [0.5, 0.6) is 0 Å². The van der Waals surface area contributed by atoms with E-state index in [2.05, 4.69) is 23.8 Å². The van der Waals surface area contributed by atoms with Crippen molar-refractivity contribution in [3.63, 3.8) is 0 Å². The van der Waals surface area contributed by atoms with Gasteiger partial charge in [0.25, 0.3) is 0 Å². The van der Waals surface area contributed by atoms with E-state index in [0.717, 1.165) is 19.3 Å². The first-order valence-corrected chi connectivity index (χ1v) is 12.0. The summed E-state index contributed by atoms with van der Waals surface area (Å²) in [5.41, 5.74) is 0.572. The molecule has 0 radical (unpaired) electrons. The number of rotatable bonds is 12. The molecule has 2 aliphatic carbocycles. The lowest BCUT2D eigenvalue weighted by atomic mass is 9.88. The standard InChI is InChI=1S/C25H38N2O8/c1-14(2)22(28)32-12-17(6)35-25(31)26-10-19-9-18-7-8-20(19)21(18)11-27-24(30)33-13-16(5)34-23(29)15(3)4/h16-21H,1,3,7-13H2,2,4-6H3,(H,26,31)(H,27,30). The highest BCUT2D eigenvalue weighted by atomic mass is 16.6. The van der Waals surface area contributed by atoms with Gasteiger partial charge in [0.15, 0.2) is 0 Å². The lowest BCUT2D eigenvalue weighted by Gasteiger charge is -2.23. The summed E-state index contributed by atoms with van der Waals surface area (Å²) in [7, 11) is 0. The third-order valence-corrected chi connectivity index (χ3v) is 6.44. The second-order valence-electron chi connectivity index (χ2n) is 9.61. The highest BCUT2D eigenvalue weighted by molar-refractivity contribution is 5.87. The molecule has 0 aliphatic heterocycles. The number of nitrogens with one attached hydrogen (secondary N) is 2. The minimum absolute atomic E-state index is 0.0355. The van der Waals surface area contributed by atoms with Gasteiger partial charge in [0.05, 0.1) is 0 Å². The third-order valence-electron chi connectivity index (χ3n) is 6.44. The minimum Gasteiger partial charge on any atom is -0.458 e. The van der Waals surface area contributed by atoms with Gasteiger partial charge >= 0.3 is 24.1 Å². The van der Waals surface area contributed by atoms with E-state index < -0.39 is 36.3 Å². The fourth-order valence-corrected chi connectivity index (χ4v) is 4.73. The number of carbonyl (C=O) groups excluding carboxylic acids is 4. The van der Waals surface area contributed by atoms with E-state index in [1.54, 1.807) is 27.7 Å². The first-order chi connectivity index (χ1) is 16.5. The van der Waals surface area contributed by atoms with E-state index in [-0.39, 0.29) is 24.4 Å². The van der Waals surface area contributed by atoms with Gasteiger partial charge in [-0.2, -0.15) is 0 Å². The van der Waals surface area contributed by atoms with Crippen LogP contribution < -0.4 is 10.6 Å². The number of alkyl carbamates (subject to hydrolysis) is 2. The largest absolute Gasteiger partial charge is 0.458 e. The fraction of sp³-hybridized carbons (Fsp3) is 0.680. The lowest BCUT2D eigenvalue weighted by molar-refractivity contribution is -0.145. The van der Waals surface area contributed by atoms with Crippen molar-refractivity contribution in [1.29, 1.82) is 0 Å². The summed E-state index contributed by atoms with van der Waals surface area (Å²) in [6.45, 7) is 14.3. The molecule has 2 rings (SSSR count). The van der Waals surface area contributed by atoms with Crippen LogP contribution in [-0.4, -0.2) is 62.6 Å². The van der Waals surface area contributed by atoms with Crippen molar-refractivity contribution in [1.82, 2.24) is 10.6 Å². The molecule has 10 heteroatoms. The molecule has 0 spiro atoms. The number of ether oxygens (including phenoxy) is 4. The van der Waals surface area contributed by atoms with Crippen LogP contribution in [0.4, 0.5) is 9.59 Å². The predicted molar refractivity (Wildman–Crippen MR) is 127 cm³/mol. The molecule has 2 saturated carbocycles. The first-order valence-electron chi connectivity index (χ1n) is 12.0. The third kappa shape index (κ3) is 8.92. The van der Waals surface area contributed by atoms with Gasteiger partial charge in [0.1, 0.15) is 25.4 Å². The van der Waals surface area contributed by atoms with Crippen LogP contribution >= 0.6 is 0 Å². The molecule has 0 aromatic rings.